The second-order valence-electron chi connectivity index (χ2n) is 8.94. The molecule has 0 saturated heterocycles. The Hall–Kier alpha value is -4.01. The fraction of sp³-hybridized carbons (Fsp3) is 0.346. The maximum atomic E-state index is 12.5. The summed E-state index contributed by atoms with van der Waals surface area (Å²) in [4.78, 5) is 21.3. The molecule has 0 spiro atoms. The van der Waals surface area contributed by atoms with Gasteiger partial charge < -0.3 is 14.8 Å². The average molecular weight is 475 g/mol. The van der Waals surface area contributed by atoms with Crippen molar-refractivity contribution < 1.29 is 14.3 Å². The van der Waals surface area contributed by atoms with E-state index in [1.54, 1.807) is 11.8 Å². The highest BCUT2D eigenvalue weighted by Gasteiger charge is 2.14. The molecule has 2 heterocycles. The Kier molecular flexibility index (Phi) is 7.24. The van der Waals surface area contributed by atoms with Gasteiger partial charge in [-0.05, 0) is 37.5 Å². The van der Waals surface area contributed by atoms with Crippen molar-refractivity contribution in [1.82, 2.24) is 25.0 Å². The van der Waals surface area contributed by atoms with E-state index in [0.29, 0.717) is 29.3 Å². The summed E-state index contributed by atoms with van der Waals surface area (Å²) in [5, 5.41) is 12.2. The van der Waals surface area contributed by atoms with Crippen molar-refractivity contribution in [3.8, 4) is 11.5 Å². The molecule has 35 heavy (non-hydrogen) atoms. The van der Waals surface area contributed by atoms with Gasteiger partial charge in [0.2, 0.25) is 0 Å². The van der Waals surface area contributed by atoms with E-state index in [0.717, 1.165) is 22.3 Å². The number of nitrogens with one attached hydrogen (secondary N) is 1. The number of carbonyl (C=O) groups is 1. The zero-order chi connectivity index (χ0) is 24.9. The number of hydrogen-bond donors (Lipinski definition) is 1. The number of hydrogen-bond acceptors (Lipinski definition) is 8. The standard InChI is InChI=1S/C26H30N6O3/c1-16(2)23-14-32(31-30-23)13-20(33)10-18-6-8-19(9-7-18)29-26-25-22(27-15-28-26)11-21(35-17(3)4)12-24(25)34-5/h6-9,11-12,14-17H,10,13H2,1-5H3,(H,27,28,29). The van der Waals surface area contributed by atoms with E-state index in [4.69, 9.17) is 9.47 Å². The first-order valence-electron chi connectivity index (χ1n) is 11.6. The van der Waals surface area contributed by atoms with E-state index in [9.17, 15) is 4.79 Å². The molecule has 0 saturated carbocycles. The summed E-state index contributed by atoms with van der Waals surface area (Å²) >= 11 is 0. The van der Waals surface area contributed by atoms with Gasteiger partial charge in [-0.1, -0.05) is 31.2 Å². The van der Waals surface area contributed by atoms with Crippen molar-refractivity contribution in [3.05, 3.63) is 60.2 Å². The van der Waals surface area contributed by atoms with Gasteiger partial charge in [-0.15, -0.1) is 5.10 Å². The Balaban J connectivity index is 1.47. The molecular formula is C26H30N6O3. The van der Waals surface area contributed by atoms with Gasteiger partial charge >= 0.3 is 0 Å². The summed E-state index contributed by atoms with van der Waals surface area (Å²) < 4.78 is 13.0. The van der Waals surface area contributed by atoms with Gasteiger partial charge in [0.25, 0.3) is 0 Å². The number of methoxy groups -OCH3 is 1. The van der Waals surface area contributed by atoms with Crippen LogP contribution < -0.4 is 14.8 Å². The highest BCUT2D eigenvalue weighted by molar-refractivity contribution is 5.96. The number of anilines is 2. The predicted octanol–water partition coefficient (Wildman–Crippen LogP) is 4.70. The number of Topliss-reactive ketones (excluding diaryl/α,β-unsaturated/α-hetero) is 1. The number of ether oxygens (including phenoxy) is 2. The van der Waals surface area contributed by atoms with Gasteiger partial charge in [0.05, 0.1) is 29.8 Å². The van der Waals surface area contributed by atoms with Gasteiger partial charge in [0.1, 0.15) is 30.2 Å². The first-order chi connectivity index (χ1) is 16.8. The Morgan fingerprint density at radius 1 is 1.09 bits per heavy atom. The third kappa shape index (κ3) is 5.92. The highest BCUT2D eigenvalue weighted by atomic mass is 16.5. The topological polar surface area (TPSA) is 104 Å². The van der Waals surface area contributed by atoms with E-state index in [2.05, 4.69) is 25.6 Å². The highest BCUT2D eigenvalue weighted by Crippen LogP contribution is 2.35. The molecule has 9 heteroatoms. The van der Waals surface area contributed by atoms with Crippen LogP contribution in [-0.4, -0.2) is 44.0 Å². The zero-order valence-electron chi connectivity index (χ0n) is 20.6. The number of nitrogens with zero attached hydrogens (tertiary/aromatic N) is 5. The second-order valence-corrected chi connectivity index (χ2v) is 8.94. The minimum atomic E-state index is 0.0377. The fourth-order valence-electron chi connectivity index (χ4n) is 3.69. The summed E-state index contributed by atoms with van der Waals surface area (Å²) in [5.41, 5.74) is 3.35. The van der Waals surface area contributed by atoms with Crippen molar-refractivity contribution >= 4 is 28.2 Å². The molecule has 0 unspecified atom stereocenters. The molecule has 0 atom stereocenters. The van der Waals surface area contributed by atoms with Crippen LogP contribution in [0.15, 0.2) is 48.9 Å². The molecule has 4 rings (SSSR count). The van der Waals surface area contributed by atoms with Gasteiger partial charge in [0, 0.05) is 30.4 Å². The lowest BCUT2D eigenvalue weighted by Crippen LogP contribution is -2.13. The van der Waals surface area contributed by atoms with Crippen LogP contribution in [-0.2, 0) is 17.8 Å². The molecule has 1 N–H and O–H groups in total. The maximum Gasteiger partial charge on any atom is 0.158 e. The molecule has 2 aromatic heterocycles. The lowest BCUT2D eigenvalue weighted by atomic mass is 10.1. The fourth-order valence-corrected chi connectivity index (χ4v) is 3.69. The monoisotopic (exact) mass is 474 g/mol. The average Bonchev–Trinajstić information content (AvgIpc) is 3.28. The Morgan fingerprint density at radius 2 is 1.86 bits per heavy atom. The minimum Gasteiger partial charge on any atom is -0.496 e. The third-order valence-corrected chi connectivity index (χ3v) is 5.37. The smallest absolute Gasteiger partial charge is 0.158 e. The molecule has 0 aliphatic carbocycles. The maximum absolute atomic E-state index is 12.5. The number of benzene rings is 2. The number of carbonyl (C=O) groups excluding carboxylic acids is 1. The summed E-state index contributed by atoms with van der Waals surface area (Å²) in [6.07, 6.45) is 3.69. The van der Waals surface area contributed by atoms with E-state index < -0.39 is 0 Å². The van der Waals surface area contributed by atoms with Crippen molar-refractivity contribution in [1.29, 1.82) is 0 Å². The van der Waals surface area contributed by atoms with Gasteiger partial charge in [-0.25, -0.2) is 14.6 Å². The molecule has 0 aliphatic heterocycles. The van der Waals surface area contributed by atoms with Gasteiger partial charge in [0.15, 0.2) is 5.78 Å². The summed E-state index contributed by atoms with van der Waals surface area (Å²) in [5.74, 6) is 2.28. The molecule has 2 aromatic carbocycles. The van der Waals surface area contributed by atoms with Crippen LogP contribution in [0.4, 0.5) is 11.5 Å². The summed E-state index contributed by atoms with van der Waals surface area (Å²) in [6.45, 7) is 8.24. The largest absolute Gasteiger partial charge is 0.496 e. The first-order valence-corrected chi connectivity index (χ1v) is 11.6. The first kappa shape index (κ1) is 24.1. The molecule has 0 radical (unpaired) electrons. The summed E-state index contributed by atoms with van der Waals surface area (Å²) in [6, 6.07) is 11.4. The van der Waals surface area contributed by atoms with Crippen molar-refractivity contribution in [2.45, 2.75) is 52.7 Å². The molecule has 0 fully saturated rings. The van der Waals surface area contributed by atoms with E-state index >= 15 is 0 Å². The van der Waals surface area contributed by atoms with Gasteiger partial charge in [-0.3, -0.25) is 4.79 Å². The number of rotatable bonds is 10. The summed E-state index contributed by atoms with van der Waals surface area (Å²) in [7, 11) is 1.61. The Bertz CT molecular complexity index is 1310. The molecule has 0 amide bonds. The van der Waals surface area contributed by atoms with Crippen LogP contribution in [0.25, 0.3) is 10.9 Å². The van der Waals surface area contributed by atoms with Crippen LogP contribution in [0.2, 0.25) is 0 Å². The lowest BCUT2D eigenvalue weighted by Gasteiger charge is -2.15. The van der Waals surface area contributed by atoms with Crippen LogP contribution in [0.1, 0.15) is 44.9 Å². The minimum absolute atomic E-state index is 0.0377. The Labute approximate surface area is 204 Å². The molecule has 9 nitrogen and oxygen atoms in total. The van der Waals surface area contributed by atoms with Crippen LogP contribution in [0, 0.1) is 0 Å². The normalized spacial score (nSPS) is 11.3. The van der Waals surface area contributed by atoms with Crippen molar-refractivity contribution in [2.24, 2.45) is 0 Å². The molecule has 0 bridgehead atoms. The van der Waals surface area contributed by atoms with Crippen LogP contribution in [0.5, 0.6) is 11.5 Å². The number of ketones is 1. The number of fused-ring (bicyclic) bond motifs is 1. The molecule has 182 valence electrons. The van der Waals surface area contributed by atoms with Crippen LogP contribution in [0.3, 0.4) is 0 Å². The molecular weight excluding hydrogens is 444 g/mol. The Morgan fingerprint density at radius 3 is 2.51 bits per heavy atom. The van der Waals surface area contributed by atoms with Crippen molar-refractivity contribution in [2.75, 3.05) is 12.4 Å². The van der Waals surface area contributed by atoms with E-state index in [1.807, 2.05) is 70.3 Å². The van der Waals surface area contributed by atoms with Crippen molar-refractivity contribution in [3.63, 3.8) is 0 Å². The SMILES string of the molecule is COc1cc(OC(C)C)cc2ncnc(Nc3ccc(CC(=O)Cn4cc(C(C)C)nn4)cc3)c12. The quantitative estimate of drug-likeness (QED) is 0.353. The second kappa shape index (κ2) is 10.5. The van der Waals surface area contributed by atoms with Gasteiger partial charge in [-0.2, -0.15) is 0 Å². The predicted molar refractivity (Wildman–Crippen MR) is 134 cm³/mol. The number of aromatic nitrogens is 5. The van der Waals surface area contributed by atoms with Crippen LogP contribution >= 0.6 is 0 Å². The van der Waals surface area contributed by atoms with E-state index in [1.165, 1.54) is 6.33 Å². The molecule has 4 aromatic rings. The lowest BCUT2D eigenvalue weighted by molar-refractivity contribution is -0.119. The zero-order valence-corrected chi connectivity index (χ0v) is 20.6. The molecule has 0 aliphatic rings. The third-order valence-electron chi connectivity index (χ3n) is 5.37. The van der Waals surface area contributed by atoms with E-state index in [-0.39, 0.29) is 24.3 Å².